The molecule has 13 heavy (non-hydrogen) atoms. The van der Waals surface area contributed by atoms with Crippen LogP contribution < -0.4 is 16.4 Å². The molecule has 0 aromatic rings. The normalized spacial score (nSPS) is 18.0. The number of aliphatic imine (C=N–C) groups is 1. The summed E-state index contributed by atoms with van der Waals surface area (Å²) < 4.78 is 0. The van der Waals surface area contributed by atoms with Crippen molar-refractivity contribution in [2.75, 3.05) is 6.54 Å². The van der Waals surface area contributed by atoms with Crippen LogP contribution in [0.1, 0.15) is 6.92 Å². The molecule has 0 aliphatic carbocycles. The number of nitrogens with one attached hydrogen (secondary N) is 2. The summed E-state index contributed by atoms with van der Waals surface area (Å²) in [5.41, 5.74) is 5.07. The molecule has 0 fully saturated rings. The number of carbonyl (C=O) groups excluding carboxylic acids is 1. The van der Waals surface area contributed by atoms with Gasteiger partial charge in [-0.15, -0.1) is 0 Å². The van der Waals surface area contributed by atoms with Gasteiger partial charge in [0.2, 0.25) is 5.91 Å². The maximum absolute atomic E-state index is 10.7. The van der Waals surface area contributed by atoms with Crippen molar-refractivity contribution in [3.05, 3.63) is 11.9 Å². The fraction of sp³-hybridized carbons (Fsp3) is 0.429. The summed E-state index contributed by atoms with van der Waals surface area (Å²) in [5.74, 6) is 0.243. The lowest BCUT2D eigenvalue weighted by Crippen LogP contribution is -2.43. The monoisotopic (exact) mass is 202 g/mol. The Bertz CT molecular complexity index is 274. The Labute approximate surface area is 81.0 Å². The first kappa shape index (κ1) is 9.85. The van der Waals surface area contributed by atoms with Crippen LogP contribution in [0.15, 0.2) is 16.9 Å². The summed E-state index contributed by atoms with van der Waals surface area (Å²) in [5, 5.41) is 5.93. The molecule has 0 aromatic carbocycles. The minimum Gasteiger partial charge on any atom is -0.368 e. The molecule has 0 saturated heterocycles. The first-order valence-electron chi connectivity index (χ1n) is 3.82. The van der Waals surface area contributed by atoms with Crippen LogP contribution in [-0.4, -0.2) is 23.8 Å². The van der Waals surface area contributed by atoms with E-state index in [1.165, 1.54) is 0 Å². The first-order valence-corrected chi connectivity index (χ1v) is 4.20. The number of hydrogen-bond acceptors (Lipinski definition) is 4. The maximum Gasteiger partial charge on any atom is 0.239 e. The van der Waals surface area contributed by atoms with Crippen LogP contribution in [0.3, 0.4) is 0 Å². The van der Waals surface area contributed by atoms with Crippen molar-refractivity contribution in [2.45, 2.75) is 13.0 Å². The van der Waals surface area contributed by atoms with Gasteiger partial charge in [-0.1, -0.05) is 0 Å². The van der Waals surface area contributed by atoms with Crippen molar-refractivity contribution in [3.8, 4) is 0 Å². The minimum absolute atomic E-state index is 0.307. The van der Waals surface area contributed by atoms with Crippen molar-refractivity contribution in [3.63, 3.8) is 0 Å². The molecular formula is C7H11ClN4O. The number of rotatable bonds is 3. The standard InChI is InChI=1S/C7H11ClN4O/c1-4(6(9)13)11-5-2-3-10-7(8)12-5/h2,4,11H,3H2,1H3,(H2,9,13)(H,10,12). The zero-order chi connectivity index (χ0) is 9.84. The van der Waals surface area contributed by atoms with Gasteiger partial charge < -0.3 is 16.4 Å². The largest absolute Gasteiger partial charge is 0.368 e. The molecule has 72 valence electrons. The third kappa shape index (κ3) is 2.95. The SMILES string of the molecule is CC(NC1=CCN=C(Cl)N1)C(N)=O. The molecule has 1 aliphatic heterocycles. The van der Waals surface area contributed by atoms with Gasteiger partial charge in [-0.2, -0.15) is 0 Å². The summed E-state index contributed by atoms with van der Waals surface area (Å²) in [4.78, 5) is 14.6. The number of amides is 1. The Morgan fingerprint density at radius 2 is 2.62 bits per heavy atom. The Kier molecular flexibility index (Phi) is 3.13. The van der Waals surface area contributed by atoms with E-state index in [4.69, 9.17) is 17.3 Å². The second-order valence-corrected chi connectivity index (χ2v) is 3.00. The fourth-order valence-electron chi connectivity index (χ4n) is 0.818. The van der Waals surface area contributed by atoms with E-state index in [0.717, 1.165) is 0 Å². The molecule has 5 nitrogen and oxygen atoms in total. The zero-order valence-electron chi connectivity index (χ0n) is 7.17. The number of primary amides is 1. The lowest BCUT2D eigenvalue weighted by Gasteiger charge is -2.18. The van der Waals surface area contributed by atoms with E-state index in [1.807, 2.05) is 0 Å². The molecule has 1 unspecified atom stereocenters. The topological polar surface area (TPSA) is 79.5 Å². The van der Waals surface area contributed by atoms with E-state index >= 15 is 0 Å². The highest BCUT2D eigenvalue weighted by Gasteiger charge is 2.11. The van der Waals surface area contributed by atoms with Crippen LogP contribution >= 0.6 is 11.6 Å². The van der Waals surface area contributed by atoms with E-state index in [1.54, 1.807) is 13.0 Å². The van der Waals surface area contributed by atoms with E-state index < -0.39 is 11.9 Å². The highest BCUT2D eigenvalue weighted by molar-refractivity contribution is 6.64. The highest BCUT2D eigenvalue weighted by Crippen LogP contribution is 1.97. The molecule has 6 heteroatoms. The van der Waals surface area contributed by atoms with Gasteiger partial charge in [-0.05, 0) is 24.6 Å². The van der Waals surface area contributed by atoms with Crippen molar-refractivity contribution in [2.24, 2.45) is 10.7 Å². The van der Waals surface area contributed by atoms with Crippen LogP contribution in [0.4, 0.5) is 0 Å². The predicted molar refractivity (Wildman–Crippen MR) is 51.2 cm³/mol. The average Bonchev–Trinajstić information content (AvgIpc) is 2.04. The van der Waals surface area contributed by atoms with Gasteiger partial charge in [0.05, 0.1) is 6.54 Å². The molecule has 1 aliphatic rings. The fourth-order valence-corrected chi connectivity index (χ4v) is 0.989. The van der Waals surface area contributed by atoms with Gasteiger partial charge in [0.15, 0.2) is 5.29 Å². The Hall–Kier alpha value is -1.23. The molecule has 4 N–H and O–H groups in total. The van der Waals surface area contributed by atoms with Crippen LogP contribution in [0.2, 0.25) is 0 Å². The lowest BCUT2D eigenvalue weighted by molar-refractivity contribution is -0.119. The van der Waals surface area contributed by atoms with Gasteiger partial charge in [0, 0.05) is 0 Å². The Morgan fingerprint density at radius 3 is 3.15 bits per heavy atom. The van der Waals surface area contributed by atoms with Crippen LogP contribution in [-0.2, 0) is 4.79 Å². The number of nitrogens with zero attached hydrogens (tertiary/aromatic N) is 1. The van der Waals surface area contributed by atoms with E-state index in [2.05, 4.69) is 15.6 Å². The molecule has 0 aromatic heterocycles. The van der Waals surface area contributed by atoms with E-state index in [9.17, 15) is 4.79 Å². The van der Waals surface area contributed by atoms with E-state index in [-0.39, 0.29) is 0 Å². The quantitative estimate of drug-likeness (QED) is 0.540. The van der Waals surface area contributed by atoms with Gasteiger partial charge in [0.1, 0.15) is 11.9 Å². The molecule has 1 amide bonds. The van der Waals surface area contributed by atoms with E-state index in [0.29, 0.717) is 17.7 Å². The van der Waals surface area contributed by atoms with Crippen molar-refractivity contribution in [1.82, 2.24) is 10.6 Å². The zero-order valence-corrected chi connectivity index (χ0v) is 7.93. The maximum atomic E-state index is 10.7. The Balaban J connectivity index is 2.46. The summed E-state index contributed by atoms with van der Waals surface area (Å²) in [6.45, 7) is 2.17. The molecular weight excluding hydrogens is 192 g/mol. The van der Waals surface area contributed by atoms with Gasteiger partial charge >= 0.3 is 0 Å². The number of hydrogen-bond donors (Lipinski definition) is 3. The third-order valence-electron chi connectivity index (χ3n) is 1.56. The molecule has 0 bridgehead atoms. The number of halogens is 1. The van der Waals surface area contributed by atoms with Crippen molar-refractivity contribution >= 4 is 22.8 Å². The number of amidine groups is 1. The smallest absolute Gasteiger partial charge is 0.239 e. The van der Waals surface area contributed by atoms with Crippen LogP contribution in [0.5, 0.6) is 0 Å². The van der Waals surface area contributed by atoms with Gasteiger partial charge in [-0.3, -0.25) is 9.79 Å². The van der Waals surface area contributed by atoms with Gasteiger partial charge in [-0.25, -0.2) is 0 Å². The van der Waals surface area contributed by atoms with Crippen LogP contribution in [0, 0.1) is 0 Å². The molecule has 1 heterocycles. The number of carbonyl (C=O) groups is 1. The number of nitrogens with two attached hydrogens (primary N) is 1. The van der Waals surface area contributed by atoms with Crippen LogP contribution in [0.25, 0.3) is 0 Å². The summed E-state index contributed by atoms with van der Waals surface area (Å²) in [7, 11) is 0. The molecule has 0 saturated carbocycles. The predicted octanol–water partition coefficient (Wildman–Crippen LogP) is -0.511. The summed E-state index contributed by atoms with van der Waals surface area (Å²) in [6, 6.07) is -0.429. The first-order chi connectivity index (χ1) is 6.09. The summed E-state index contributed by atoms with van der Waals surface area (Å²) >= 11 is 5.62. The molecule has 1 rings (SSSR count). The second kappa shape index (κ2) is 4.13. The summed E-state index contributed by atoms with van der Waals surface area (Å²) in [6.07, 6.45) is 1.78. The molecule has 1 atom stereocenters. The molecule has 0 radical (unpaired) electrons. The Morgan fingerprint density at radius 1 is 1.92 bits per heavy atom. The van der Waals surface area contributed by atoms with Gasteiger partial charge in [0.25, 0.3) is 0 Å². The average molecular weight is 203 g/mol. The lowest BCUT2D eigenvalue weighted by atomic mass is 10.3. The highest BCUT2D eigenvalue weighted by atomic mass is 35.5. The second-order valence-electron chi connectivity index (χ2n) is 2.64. The van der Waals surface area contributed by atoms with Crippen molar-refractivity contribution < 1.29 is 4.79 Å². The minimum atomic E-state index is -0.429. The molecule has 0 spiro atoms. The third-order valence-corrected chi connectivity index (χ3v) is 1.78. The van der Waals surface area contributed by atoms with Crippen molar-refractivity contribution in [1.29, 1.82) is 0 Å².